The van der Waals surface area contributed by atoms with Crippen molar-refractivity contribution in [1.29, 1.82) is 0 Å². The molecule has 1 aliphatic rings. The van der Waals surface area contributed by atoms with E-state index in [1.165, 1.54) is 18.0 Å². The van der Waals surface area contributed by atoms with Crippen LogP contribution in [0.1, 0.15) is 29.1 Å². The van der Waals surface area contributed by atoms with Crippen LogP contribution in [0.4, 0.5) is 0 Å². The number of phosphoric acid groups is 1. The number of esters is 1. The Labute approximate surface area is 143 Å². The van der Waals surface area contributed by atoms with Crippen LogP contribution < -0.4 is 5.32 Å². The summed E-state index contributed by atoms with van der Waals surface area (Å²) in [6.07, 6.45) is 1.39. The molecular formula is C13H19N2O7PS. The molecule has 2 heterocycles. The van der Waals surface area contributed by atoms with Crippen LogP contribution in [0.15, 0.2) is 6.20 Å². The van der Waals surface area contributed by atoms with E-state index >= 15 is 0 Å². The van der Waals surface area contributed by atoms with Gasteiger partial charge in [-0.1, -0.05) is 0 Å². The lowest BCUT2D eigenvalue weighted by Gasteiger charge is -2.19. The largest absolute Gasteiger partial charge is 0.506 e. The average Bonchev–Trinajstić information content (AvgIpc) is 2.97. The van der Waals surface area contributed by atoms with Gasteiger partial charge in [0, 0.05) is 23.1 Å². The number of hydrogen-bond donors (Lipinski definition) is 4. The van der Waals surface area contributed by atoms with Crippen molar-refractivity contribution in [2.24, 2.45) is 0 Å². The number of aryl methyl sites for hydroxylation is 1. The van der Waals surface area contributed by atoms with E-state index in [0.29, 0.717) is 22.6 Å². The highest BCUT2D eigenvalue weighted by molar-refractivity contribution is 7.99. The van der Waals surface area contributed by atoms with Crippen molar-refractivity contribution < 1.29 is 33.5 Å². The van der Waals surface area contributed by atoms with E-state index < -0.39 is 25.8 Å². The summed E-state index contributed by atoms with van der Waals surface area (Å²) in [4.78, 5) is 33.5. The first-order valence-electron chi connectivity index (χ1n) is 7.14. The second-order valence-electron chi connectivity index (χ2n) is 5.08. The molecule has 9 nitrogen and oxygen atoms in total. The van der Waals surface area contributed by atoms with Crippen LogP contribution in [0, 0.1) is 6.92 Å². The molecule has 2 rings (SSSR count). The maximum absolute atomic E-state index is 11.8. The molecule has 134 valence electrons. The van der Waals surface area contributed by atoms with Gasteiger partial charge in [-0.05, 0) is 13.8 Å². The number of nitrogens with one attached hydrogen (secondary N) is 1. The van der Waals surface area contributed by atoms with Gasteiger partial charge >= 0.3 is 13.8 Å². The van der Waals surface area contributed by atoms with Crippen LogP contribution in [0.25, 0.3) is 0 Å². The fraction of sp³-hybridized carbons (Fsp3) is 0.538. The summed E-state index contributed by atoms with van der Waals surface area (Å²) in [5.41, 5.74) is 1.09. The molecule has 1 aromatic rings. The standard InChI is InChI=1S/C13H19N2O7PS/c1-3-21-13(17)9-6-24-12(15-9)10-8(5-22-23(18,19)20)4-14-7(2)11(10)16/h4,9,12,15-16H,3,5-6H2,1-2H3,(H2,18,19,20)/t9-,12-/m1/s1. The summed E-state index contributed by atoms with van der Waals surface area (Å²) in [7, 11) is -4.66. The number of aromatic hydroxyl groups is 1. The molecular weight excluding hydrogens is 359 g/mol. The van der Waals surface area contributed by atoms with Gasteiger partial charge in [0.05, 0.1) is 24.3 Å². The molecule has 2 atom stereocenters. The van der Waals surface area contributed by atoms with Gasteiger partial charge in [-0.15, -0.1) is 11.8 Å². The SMILES string of the molecule is CCOC(=O)[C@H]1CS[C@H](c2c(COP(=O)(O)O)cnc(C)c2O)N1. The third-order valence-electron chi connectivity index (χ3n) is 3.36. The summed E-state index contributed by atoms with van der Waals surface area (Å²) in [5, 5.41) is 12.9. The molecule has 0 aliphatic carbocycles. The number of thioether (sulfide) groups is 1. The van der Waals surface area contributed by atoms with Crippen molar-refractivity contribution in [3.63, 3.8) is 0 Å². The van der Waals surface area contributed by atoms with Gasteiger partial charge in [0.2, 0.25) is 0 Å². The summed E-state index contributed by atoms with van der Waals surface area (Å²) in [6.45, 7) is 3.18. The predicted molar refractivity (Wildman–Crippen MR) is 86.2 cm³/mol. The van der Waals surface area contributed by atoms with Crippen LogP contribution in [0.3, 0.4) is 0 Å². The highest BCUT2D eigenvalue weighted by Gasteiger charge is 2.34. The fourth-order valence-electron chi connectivity index (χ4n) is 2.23. The molecule has 1 saturated heterocycles. The van der Waals surface area contributed by atoms with Gasteiger partial charge in [-0.25, -0.2) is 4.57 Å². The maximum atomic E-state index is 11.8. The smallest absolute Gasteiger partial charge is 0.469 e. The molecule has 1 fully saturated rings. The van der Waals surface area contributed by atoms with E-state index in [9.17, 15) is 14.5 Å². The summed E-state index contributed by atoms with van der Waals surface area (Å²) in [5.74, 6) is -0.0366. The number of nitrogens with zero attached hydrogens (tertiary/aromatic N) is 1. The summed E-state index contributed by atoms with van der Waals surface area (Å²) in [6, 6.07) is -0.525. The third kappa shape index (κ3) is 4.69. The molecule has 0 amide bonds. The number of hydrogen-bond acceptors (Lipinski definition) is 8. The van der Waals surface area contributed by atoms with Crippen LogP contribution in [-0.4, -0.2) is 44.2 Å². The number of carbonyl (C=O) groups is 1. The van der Waals surface area contributed by atoms with Gasteiger partial charge < -0.3 is 19.6 Å². The minimum atomic E-state index is -4.66. The Bertz CT molecular complexity index is 666. The second kappa shape index (κ2) is 7.81. The Balaban J connectivity index is 2.24. The van der Waals surface area contributed by atoms with Crippen LogP contribution in [-0.2, 0) is 25.2 Å². The molecule has 1 aromatic heterocycles. The zero-order chi connectivity index (χ0) is 17.9. The second-order valence-corrected chi connectivity index (χ2v) is 7.46. The van der Waals surface area contributed by atoms with Crippen molar-refractivity contribution in [2.45, 2.75) is 31.9 Å². The van der Waals surface area contributed by atoms with E-state index in [1.54, 1.807) is 13.8 Å². The third-order valence-corrected chi connectivity index (χ3v) is 5.06. The molecule has 0 unspecified atom stereocenters. The van der Waals surface area contributed by atoms with Crippen molar-refractivity contribution in [3.05, 3.63) is 23.0 Å². The molecule has 0 aromatic carbocycles. The van der Waals surface area contributed by atoms with Crippen molar-refractivity contribution in [1.82, 2.24) is 10.3 Å². The van der Waals surface area contributed by atoms with Crippen LogP contribution in [0.2, 0.25) is 0 Å². The average molecular weight is 378 g/mol. The Morgan fingerprint density at radius 3 is 2.88 bits per heavy atom. The molecule has 0 bridgehead atoms. The zero-order valence-electron chi connectivity index (χ0n) is 13.1. The monoisotopic (exact) mass is 378 g/mol. The summed E-state index contributed by atoms with van der Waals surface area (Å²) < 4.78 is 20.4. The van der Waals surface area contributed by atoms with Gasteiger partial charge in [-0.3, -0.25) is 19.6 Å². The van der Waals surface area contributed by atoms with Crippen LogP contribution in [0.5, 0.6) is 5.75 Å². The maximum Gasteiger partial charge on any atom is 0.469 e. The molecule has 0 radical (unpaired) electrons. The van der Waals surface area contributed by atoms with E-state index in [4.69, 9.17) is 14.5 Å². The lowest BCUT2D eigenvalue weighted by molar-refractivity contribution is -0.144. The Morgan fingerprint density at radius 2 is 2.25 bits per heavy atom. The normalized spacial score (nSPS) is 21.0. The van der Waals surface area contributed by atoms with E-state index in [-0.39, 0.29) is 18.3 Å². The molecule has 11 heteroatoms. The topological polar surface area (TPSA) is 138 Å². The number of rotatable bonds is 6. The lowest BCUT2D eigenvalue weighted by Crippen LogP contribution is -2.35. The minimum Gasteiger partial charge on any atom is -0.506 e. The fourth-order valence-corrected chi connectivity index (χ4v) is 3.85. The molecule has 0 saturated carbocycles. The van der Waals surface area contributed by atoms with E-state index in [0.717, 1.165) is 0 Å². The Hall–Kier alpha value is -1.16. The molecule has 24 heavy (non-hydrogen) atoms. The quantitative estimate of drug-likeness (QED) is 0.418. The molecule has 4 N–H and O–H groups in total. The first-order chi connectivity index (χ1) is 11.2. The molecule has 0 spiro atoms. The Kier molecular flexibility index (Phi) is 6.24. The predicted octanol–water partition coefficient (Wildman–Crippen LogP) is 0.972. The number of pyridine rings is 1. The highest BCUT2D eigenvalue weighted by atomic mass is 32.2. The van der Waals surface area contributed by atoms with Gasteiger partial charge in [0.15, 0.2) is 0 Å². The Morgan fingerprint density at radius 1 is 1.54 bits per heavy atom. The van der Waals surface area contributed by atoms with E-state index in [2.05, 4.69) is 14.8 Å². The minimum absolute atomic E-state index is 0.101. The van der Waals surface area contributed by atoms with Crippen LogP contribution >= 0.6 is 19.6 Å². The number of ether oxygens (including phenoxy) is 1. The van der Waals surface area contributed by atoms with Gasteiger partial charge in [-0.2, -0.15) is 0 Å². The number of carbonyl (C=O) groups excluding carboxylic acids is 1. The van der Waals surface area contributed by atoms with Crippen molar-refractivity contribution in [2.75, 3.05) is 12.4 Å². The van der Waals surface area contributed by atoms with Crippen molar-refractivity contribution in [3.8, 4) is 5.75 Å². The number of aromatic nitrogens is 1. The lowest BCUT2D eigenvalue weighted by atomic mass is 10.1. The summed E-state index contributed by atoms with van der Waals surface area (Å²) >= 11 is 1.38. The van der Waals surface area contributed by atoms with Crippen molar-refractivity contribution >= 4 is 25.6 Å². The highest BCUT2D eigenvalue weighted by Crippen LogP contribution is 2.43. The zero-order valence-corrected chi connectivity index (χ0v) is 14.8. The number of phosphoric ester groups is 1. The van der Waals surface area contributed by atoms with Gasteiger partial charge in [0.25, 0.3) is 0 Å². The first-order valence-corrected chi connectivity index (χ1v) is 9.72. The molecule has 1 aliphatic heterocycles. The first kappa shape index (κ1) is 19.2. The van der Waals surface area contributed by atoms with E-state index in [1.807, 2.05) is 0 Å². The van der Waals surface area contributed by atoms with Gasteiger partial charge in [0.1, 0.15) is 11.8 Å².